The zero-order valence-electron chi connectivity index (χ0n) is 19.2. The Balaban J connectivity index is 1.45. The van der Waals surface area contributed by atoms with E-state index < -0.39 is 21.9 Å². The van der Waals surface area contributed by atoms with E-state index in [4.69, 9.17) is 9.47 Å². The molecule has 0 spiro atoms. The van der Waals surface area contributed by atoms with Crippen molar-refractivity contribution < 1.29 is 22.7 Å². The monoisotopic (exact) mass is 467 g/mol. The standard InChI is InChI=1S/C21H33N5O5S/c1-21(2,3)31-20(27)24-9-6-17(14-24)26-12-11-25(32(26,28)29)16-5-8-22-19(13-16)23-10-7-18(15-23)30-4/h5,8,13,17-18H,6-7,9-12,14-15H2,1-4H3/t17-,18-/m1/s1. The molecule has 0 saturated carbocycles. The predicted molar refractivity (Wildman–Crippen MR) is 121 cm³/mol. The summed E-state index contributed by atoms with van der Waals surface area (Å²) < 4.78 is 40.6. The molecule has 32 heavy (non-hydrogen) atoms. The van der Waals surface area contributed by atoms with Gasteiger partial charge in [-0.05, 0) is 39.7 Å². The van der Waals surface area contributed by atoms with Gasteiger partial charge in [-0.1, -0.05) is 0 Å². The van der Waals surface area contributed by atoms with Crippen LogP contribution in [-0.2, 0) is 19.7 Å². The molecule has 0 aliphatic carbocycles. The number of amides is 1. The fourth-order valence-corrected chi connectivity index (χ4v) is 6.32. The number of carbonyl (C=O) groups is 1. The van der Waals surface area contributed by atoms with Crippen molar-refractivity contribution in [3.8, 4) is 0 Å². The smallest absolute Gasteiger partial charge is 0.410 e. The number of aromatic nitrogens is 1. The van der Waals surface area contributed by atoms with Crippen molar-refractivity contribution in [1.29, 1.82) is 0 Å². The molecule has 0 N–H and O–H groups in total. The van der Waals surface area contributed by atoms with Gasteiger partial charge in [0.25, 0.3) is 0 Å². The Morgan fingerprint density at radius 3 is 2.59 bits per heavy atom. The van der Waals surface area contributed by atoms with Crippen LogP contribution < -0.4 is 9.21 Å². The quantitative estimate of drug-likeness (QED) is 0.665. The van der Waals surface area contributed by atoms with Crippen molar-refractivity contribution in [2.24, 2.45) is 0 Å². The van der Waals surface area contributed by atoms with Crippen LogP contribution in [0, 0.1) is 0 Å². The normalized spacial score (nSPS) is 26.2. The van der Waals surface area contributed by atoms with E-state index in [0.717, 1.165) is 25.3 Å². The second-order valence-electron chi connectivity index (χ2n) is 9.52. The largest absolute Gasteiger partial charge is 0.444 e. The molecule has 0 radical (unpaired) electrons. The average molecular weight is 468 g/mol. The molecule has 10 nitrogen and oxygen atoms in total. The van der Waals surface area contributed by atoms with Gasteiger partial charge >= 0.3 is 16.3 Å². The number of nitrogens with zero attached hydrogens (tertiary/aromatic N) is 5. The van der Waals surface area contributed by atoms with Gasteiger partial charge in [-0.2, -0.15) is 12.7 Å². The highest BCUT2D eigenvalue weighted by atomic mass is 32.2. The number of ether oxygens (including phenoxy) is 2. The second-order valence-corrected chi connectivity index (χ2v) is 11.3. The van der Waals surface area contributed by atoms with Gasteiger partial charge in [0, 0.05) is 64.7 Å². The number of methoxy groups -OCH3 is 1. The third-order valence-corrected chi connectivity index (χ3v) is 8.16. The van der Waals surface area contributed by atoms with Gasteiger partial charge in [0.15, 0.2) is 0 Å². The van der Waals surface area contributed by atoms with E-state index in [-0.39, 0.29) is 12.1 Å². The van der Waals surface area contributed by atoms with Gasteiger partial charge in [0.1, 0.15) is 11.4 Å². The summed E-state index contributed by atoms with van der Waals surface area (Å²) in [5.74, 6) is 0.757. The molecule has 2 atom stereocenters. The topological polar surface area (TPSA) is 95.5 Å². The minimum Gasteiger partial charge on any atom is -0.444 e. The van der Waals surface area contributed by atoms with Gasteiger partial charge in [0.2, 0.25) is 0 Å². The van der Waals surface area contributed by atoms with E-state index in [1.54, 1.807) is 24.3 Å². The van der Waals surface area contributed by atoms with Gasteiger partial charge in [-0.15, -0.1) is 0 Å². The van der Waals surface area contributed by atoms with E-state index in [2.05, 4.69) is 9.88 Å². The third kappa shape index (κ3) is 4.65. The third-order valence-electron chi connectivity index (χ3n) is 6.14. The zero-order chi connectivity index (χ0) is 23.1. The summed E-state index contributed by atoms with van der Waals surface area (Å²) in [6, 6.07) is 3.32. The van der Waals surface area contributed by atoms with Gasteiger partial charge in [-0.3, -0.25) is 4.31 Å². The highest BCUT2D eigenvalue weighted by Gasteiger charge is 2.44. The first-order valence-electron chi connectivity index (χ1n) is 11.1. The zero-order valence-corrected chi connectivity index (χ0v) is 20.0. The van der Waals surface area contributed by atoms with Crippen molar-refractivity contribution in [2.75, 3.05) is 55.6 Å². The van der Waals surface area contributed by atoms with Crippen molar-refractivity contribution in [3.05, 3.63) is 18.3 Å². The summed E-state index contributed by atoms with van der Waals surface area (Å²) in [5, 5.41) is 0. The Labute approximate surface area is 190 Å². The van der Waals surface area contributed by atoms with E-state index >= 15 is 0 Å². The first kappa shape index (κ1) is 23.1. The minimum atomic E-state index is -3.69. The molecule has 0 aromatic carbocycles. The van der Waals surface area contributed by atoms with Crippen molar-refractivity contribution >= 4 is 27.8 Å². The first-order chi connectivity index (χ1) is 15.1. The number of anilines is 2. The molecule has 4 heterocycles. The summed E-state index contributed by atoms with van der Waals surface area (Å²) in [7, 11) is -1.98. The molecule has 1 aromatic rings. The summed E-state index contributed by atoms with van der Waals surface area (Å²) in [5.41, 5.74) is 0.0314. The number of hydrogen-bond acceptors (Lipinski definition) is 7. The molecule has 0 unspecified atom stereocenters. The predicted octanol–water partition coefficient (Wildman–Crippen LogP) is 1.68. The average Bonchev–Trinajstić information content (AvgIpc) is 3.44. The molecular weight excluding hydrogens is 434 g/mol. The Morgan fingerprint density at radius 1 is 1.12 bits per heavy atom. The van der Waals surface area contributed by atoms with Crippen LogP contribution in [-0.4, -0.2) is 92.8 Å². The maximum absolute atomic E-state index is 13.4. The summed E-state index contributed by atoms with van der Waals surface area (Å²) in [6.45, 7) is 8.63. The van der Waals surface area contributed by atoms with Crippen molar-refractivity contribution in [3.63, 3.8) is 0 Å². The fourth-order valence-electron chi connectivity index (χ4n) is 4.51. The molecular formula is C21H33N5O5S. The van der Waals surface area contributed by atoms with Crippen LogP contribution in [0.4, 0.5) is 16.3 Å². The van der Waals surface area contributed by atoms with Crippen LogP contribution >= 0.6 is 0 Å². The van der Waals surface area contributed by atoms with Crippen LogP contribution in [0.5, 0.6) is 0 Å². The van der Waals surface area contributed by atoms with E-state index in [1.165, 1.54) is 8.61 Å². The van der Waals surface area contributed by atoms with Crippen LogP contribution in [0.1, 0.15) is 33.6 Å². The lowest BCUT2D eigenvalue weighted by Crippen LogP contribution is -2.43. The van der Waals surface area contributed by atoms with E-state index in [1.807, 2.05) is 26.8 Å². The molecule has 3 aliphatic rings. The molecule has 1 amide bonds. The molecule has 11 heteroatoms. The number of pyridine rings is 1. The lowest BCUT2D eigenvalue weighted by atomic mass is 10.2. The molecule has 3 saturated heterocycles. The molecule has 3 aliphatic heterocycles. The molecule has 4 rings (SSSR count). The van der Waals surface area contributed by atoms with Crippen molar-refractivity contribution in [1.82, 2.24) is 14.2 Å². The second kappa shape index (κ2) is 8.68. The molecule has 0 bridgehead atoms. The summed E-state index contributed by atoms with van der Waals surface area (Å²) in [6.07, 6.45) is 2.95. The van der Waals surface area contributed by atoms with Gasteiger partial charge < -0.3 is 19.3 Å². The highest BCUT2D eigenvalue weighted by molar-refractivity contribution is 7.90. The maximum atomic E-state index is 13.4. The van der Waals surface area contributed by atoms with Crippen LogP contribution in [0.3, 0.4) is 0 Å². The van der Waals surface area contributed by atoms with Crippen molar-refractivity contribution in [2.45, 2.75) is 51.4 Å². The van der Waals surface area contributed by atoms with Gasteiger partial charge in [-0.25, -0.2) is 9.78 Å². The molecule has 3 fully saturated rings. The first-order valence-corrected chi connectivity index (χ1v) is 12.5. The van der Waals surface area contributed by atoms with E-state index in [0.29, 0.717) is 38.3 Å². The number of carbonyl (C=O) groups excluding carboxylic acids is 1. The number of likely N-dealkylation sites (tertiary alicyclic amines) is 1. The lowest BCUT2D eigenvalue weighted by molar-refractivity contribution is 0.0287. The lowest BCUT2D eigenvalue weighted by Gasteiger charge is -2.26. The highest BCUT2D eigenvalue weighted by Crippen LogP contribution is 2.32. The SMILES string of the molecule is CO[C@@H]1CCN(c2cc(N3CCN([C@@H]4CCN(C(=O)OC(C)(C)C)C4)S3(=O)=O)ccn2)C1. The van der Waals surface area contributed by atoms with Crippen LogP contribution in [0.25, 0.3) is 0 Å². The number of hydrogen-bond donors (Lipinski definition) is 0. The summed E-state index contributed by atoms with van der Waals surface area (Å²) in [4.78, 5) is 20.5. The fraction of sp³-hybridized carbons (Fsp3) is 0.714. The summed E-state index contributed by atoms with van der Waals surface area (Å²) >= 11 is 0. The Hall–Kier alpha value is -2.11. The minimum absolute atomic E-state index is 0.168. The van der Waals surface area contributed by atoms with Crippen LogP contribution in [0.2, 0.25) is 0 Å². The Kier molecular flexibility index (Phi) is 6.25. The Bertz CT molecular complexity index is 950. The molecule has 178 valence electrons. The maximum Gasteiger partial charge on any atom is 0.410 e. The Morgan fingerprint density at radius 2 is 1.91 bits per heavy atom. The van der Waals surface area contributed by atoms with Crippen LogP contribution in [0.15, 0.2) is 18.3 Å². The van der Waals surface area contributed by atoms with E-state index in [9.17, 15) is 13.2 Å². The number of rotatable bonds is 4. The van der Waals surface area contributed by atoms with Gasteiger partial charge in [0.05, 0.1) is 11.8 Å². The molecule has 1 aromatic heterocycles.